The molecule has 300 valence electrons. The predicted octanol–water partition coefficient (Wildman–Crippen LogP) is -0.999. The van der Waals surface area contributed by atoms with Crippen LogP contribution in [0.15, 0.2) is 54.6 Å². The van der Waals surface area contributed by atoms with Crippen molar-refractivity contribution in [2.24, 2.45) is 5.92 Å². The van der Waals surface area contributed by atoms with Gasteiger partial charge in [-0.05, 0) is 68.8 Å². The molecule has 0 aliphatic carbocycles. The molecule has 0 bridgehead atoms. The van der Waals surface area contributed by atoms with Crippen molar-refractivity contribution in [3.05, 3.63) is 65.7 Å². The number of benzene rings is 2. The van der Waals surface area contributed by atoms with Gasteiger partial charge in [0.05, 0.1) is 12.6 Å². The molecule has 7 atom stereocenters. The van der Waals surface area contributed by atoms with E-state index in [0.29, 0.717) is 24.1 Å². The number of hydrogen-bond donors (Lipinski definition) is 10. The fraction of sp³-hybridized carbons (Fsp3) is 0.500. The summed E-state index contributed by atoms with van der Waals surface area (Å²) in [6.07, 6.45) is 1.45. The second kappa shape index (κ2) is 21.4. The molecule has 0 radical (unpaired) electrons. The Balaban J connectivity index is 1.65. The van der Waals surface area contributed by atoms with Gasteiger partial charge in [-0.25, -0.2) is 4.79 Å². The van der Waals surface area contributed by atoms with Gasteiger partial charge in [0.2, 0.25) is 35.4 Å². The van der Waals surface area contributed by atoms with Gasteiger partial charge in [0, 0.05) is 12.8 Å². The Bertz CT molecular complexity index is 1630. The highest BCUT2D eigenvalue weighted by Gasteiger charge is 2.32. The topological polar surface area (TPSA) is 264 Å². The van der Waals surface area contributed by atoms with E-state index in [0.717, 1.165) is 6.42 Å². The standard InChI is InChI=1S/C38H53N7O10/c1-21(2)17-28(42-32(48)23(4)41-37(53)31(20-46)45-34(50)27-11-8-16-39-27)35(51)40-22(3)33(49)43-29(18-24-9-6-5-7-10-24)36(52)44-30(38(54)55)19-25-12-14-26(47)15-13-25/h5-7,9-10,12-15,21-23,27-31,39,46-47H,8,11,16-20H2,1-4H3,(H,40,51)(H,41,53)(H,42,48)(H,43,49)(H,44,52)(H,45,50)(H,54,55)/t22-,23-,27-,28-,29-,30-,31-/m0/s1. The van der Waals surface area contributed by atoms with Gasteiger partial charge in [-0.15, -0.1) is 0 Å². The summed E-state index contributed by atoms with van der Waals surface area (Å²) in [6.45, 7) is 6.35. The number of carboxylic acids is 1. The first-order valence-electron chi connectivity index (χ1n) is 18.3. The molecule has 55 heavy (non-hydrogen) atoms. The number of aliphatic hydroxyl groups excluding tert-OH is 1. The van der Waals surface area contributed by atoms with Gasteiger partial charge >= 0.3 is 5.97 Å². The minimum atomic E-state index is -1.36. The molecule has 3 rings (SSSR count). The van der Waals surface area contributed by atoms with Crippen LogP contribution in [0.2, 0.25) is 0 Å². The van der Waals surface area contributed by atoms with Crippen LogP contribution in [0, 0.1) is 5.92 Å². The Morgan fingerprint density at radius 1 is 0.655 bits per heavy atom. The number of amides is 6. The van der Waals surface area contributed by atoms with Crippen molar-refractivity contribution in [2.45, 2.75) is 102 Å². The molecule has 1 fully saturated rings. The van der Waals surface area contributed by atoms with Crippen LogP contribution in [0.4, 0.5) is 0 Å². The highest BCUT2D eigenvalue weighted by molar-refractivity contribution is 5.97. The number of carbonyl (C=O) groups excluding carboxylic acids is 6. The molecular weight excluding hydrogens is 714 g/mol. The summed E-state index contributed by atoms with van der Waals surface area (Å²) < 4.78 is 0. The lowest BCUT2D eigenvalue weighted by Gasteiger charge is -2.26. The third-order valence-corrected chi connectivity index (χ3v) is 8.94. The zero-order chi connectivity index (χ0) is 40.7. The van der Waals surface area contributed by atoms with Gasteiger partial charge in [0.1, 0.15) is 42.0 Å². The summed E-state index contributed by atoms with van der Waals surface area (Å²) in [5.41, 5.74) is 1.21. The summed E-state index contributed by atoms with van der Waals surface area (Å²) in [6, 6.07) is 6.66. The predicted molar refractivity (Wildman–Crippen MR) is 200 cm³/mol. The molecule has 1 aliphatic heterocycles. The summed E-state index contributed by atoms with van der Waals surface area (Å²) in [5.74, 6) is -5.62. The molecule has 0 aromatic heterocycles. The number of aromatic hydroxyl groups is 1. The maximum absolute atomic E-state index is 13.5. The number of nitrogens with one attached hydrogen (secondary N) is 7. The minimum absolute atomic E-state index is 0.00143. The fourth-order valence-electron chi connectivity index (χ4n) is 5.83. The highest BCUT2D eigenvalue weighted by atomic mass is 16.4. The number of carbonyl (C=O) groups is 7. The Kier molecular flexibility index (Phi) is 17.0. The first-order chi connectivity index (χ1) is 26.1. The number of aliphatic hydroxyl groups is 1. The number of phenolic OH excluding ortho intramolecular Hbond substituents is 1. The molecule has 17 heteroatoms. The van der Waals surface area contributed by atoms with Gasteiger partial charge in [-0.2, -0.15) is 0 Å². The summed E-state index contributed by atoms with van der Waals surface area (Å²) in [5, 5.41) is 47.3. The molecule has 1 saturated heterocycles. The van der Waals surface area contributed by atoms with Crippen LogP contribution in [-0.2, 0) is 46.4 Å². The van der Waals surface area contributed by atoms with Crippen LogP contribution in [0.3, 0.4) is 0 Å². The van der Waals surface area contributed by atoms with Crippen LogP contribution in [-0.4, -0.2) is 112 Å². The number of phenols is 1. The van der Waals surface area contributed by atoms with E-state index >= 15 is 0 Å². The fourth-order valence-corrected chi connectivity index (χ4v) is 5.83. The molecule has 1 aliphatic rings. The zero-order valence-electron chi connectivity index (χ0n) is 31.5. The quantitative estimate of drug-likeness (QED) is 0.0782. The van der Waals surface area contributed by atoms with Crippen molar-refractivity contribution >= 4 is 41.4 Å². The third-order valence-electron chi connectivity index (χ3n) is 8.94. The molecule has 0 spiro atoms. The first kappa shape index (κ1) is 43.9. The number of carboxylic acid groups (broad SMARTS) is 1. The first-order valence-corrected chi connectivity index (χ1v) is 18.3. The van der Waals surface area contributed by atoms with E-state index in [4.69, 9.17) is 0 Å². The molecule has 2 aromatic carbocycles. The molecule has 17 nitrogen and oxygen atoms in total. The Morgan fingerprint density at radius 2 is 1.16 bits per heavy atom. The SMILES string of the molecule is CC(C)C[C@H](NC(=O)[C@H](C)NC(=O)[C@H](CO)NC(=O)[C@@H]1CCCN1)C(=O)N[C@@H](C)C(=O)N[C@@H](Cc1ccccc1)C(=O)N[C@@H](Cc1ccc(O)cc1)C(=O)O. The van der Waals surface area contributed by atoms with Crippen molar-refractivity contribution in [1.82, 2.24) is 37.2 Å². The monoisotopic (exact) mass is 767 g/mol. The molecule has 1 heterocycles. The van der Waals surface area contributed by atoms with Gasteiger partial charge in [0.15, 0.2) is 0 Å². The average molecular weight is 768 g/mol. The maximum Gasteiger partial charge on any atom is 0.326 e. The summed E-state index contributed by atoms with van der Waals surface area (Å²) >= 11 is 0. The maximum atomic E-state index is 13.5. The van der Waals surface area contributed by atoms with Crippen LogP contribution >= 0.6 is 0 Å². The highest BCUT2D eigenvalue weighted by Crippen LogP contribution is 2.13. The van der Waals surface area contributed by atoms with Gasteiger partial charge in [0.25, 0.3) is 0 Å². The van der Waals surface area contributed by atoms with Crippen LogP contribution in [0.1, 0.15) is 58.1 Å². The van der Waals surface area contributed by atoms with Crippen molar-refractivity contribution in [3.8, 4) is 5.75 Å². The summed E-state index contributed by atoms with van der Waals surface area (Å²) in [4.78, 5) is 90.9. The second-order valence-corrected chi connectivity index (χ2v) is 14.1. The molecule has 2 aromatic rings. The van der Waals surface area contributed by atoms with Crippen LogP contribution in [0.5, 0.6) is 5.75 Å². The van der Waals surface area contributed by atoms with Crippen LogP contribution < -0.4 is 37.2 Å². The largest absolute Gasteiger partial charge is 0.508 e. The normalized spacial score (nSPS) is 17.0. The van der Waals surface area contributed by atoms with Gasteiger partial charge in [-0.1, -0.05) is 56.3 Å². The lowest BCUT2D eigenvalue weighted by Crippen LogP contribution is -2.59. The molecule has 0 unspecified atom stereocenters. The molecule has 0 saturated carbocycles. The van der Waals surface area contributed by atoms with E-state index in [-0.39, 0.29) is 30.9 Å². The number of rotatable bonds is 20. The number of aliphatic carboxylic acids is 1. The Morgan fingerprint density at radius 3 is 1.69 bits per heavy atom. The minimum Gasteiger partial charge on any atom is -0.508 e. The van der Waals surface area contributed by atoms with Gasteiger partial charge in [-0.3, -0.25) is 28.8 Å². The summed E-state index contributed by atoms with van der Waals surface area (Å²) in [7, 11) is 0. The van der Waals surface area contributed by atoms with Crippen molar-refractivity contribution in [1.29, 1.82) is 0 Å². The third kappa shape index (κ3) is 14.3. The van der Waals surface area contributed by atoms with E-state index < -0.39 is 90.3 Å². The zero-order valence-corrected chi connectivity index (χ0v) is 31.5. The second-order valence-electron chi connectivity index (χ2n) is 14.1. The molecule has 6 amide bonds. The number of hydrogen-bond acceptors (Lipinski definition) is 10. The average Bonchev–Trinajstić information content (AvgIpc) is 3.69. The van der Waals surface area contributed by atoms with Crippen molar-refractivity contribution in [2.75, 3.05) is 13.2 Å². The van der Waals surface area contributed by atoms with Gasteiger partial charge < -0.3 is 52.5 Å². The van der Waals surface area contributed by atoms with E-state index in [1.165, 1.54) is 38.1 Å². The molecular formula is C38H53N7O10. The Labute approximate surface area is 319 Å². The lowest BCUT2D eigenvalue weighted by atomic mass is 10.0. The smallest absolute Gasteiger partial charge is 0.326 e. The van der Waals surface area contributed by atoms with Crippen molar-refractivity contribution < 1.29 is 48.9 Å². The Hall–Kier alpha value is -5.55. The molecule has 10 N–H and O–H groups in total. The van der Waals surface area contributed by atoms with E-state index in [2.05, 4.69) is 37.2 Å². The van der Waals surface area contributed by atoms with E-state index in [9.17, 15) is 48.9 Å². The van der Waals surface area contributed by atoms with E-state index in [1.54, 1.807) is 30.3 Å². The van der Waals surface area contributed by atoms with E-state index in [1.807, 2.05) is 13.8 Å². The van der Waals surface area contributed by atoms with Crippen molar-refractivity contribution in [3.63, 3.8) is 0 Å². The van der Waals surface area contributed by atoms with Crippen LogP contribution in [0.25, 0.3) is 0 Å². The lowest BCUT2D eigenvalue weighted by molar-refractivity contribution is -0.142.